The number of hydrogen-bond donors (Lipinski definition) is 0. The second-order valence-corrected chi connectivity index (χ2v) is 8.34. The minimum Gasteiger partial charge on any atom is -0.285 e. The molecule has 0 amide bonds. The fourth-order valence-electron chi connectivity index (χ4n) is 2.80. The van der Waals surface area contributed by atoms with Crippen molar-refractivity contribution in [3.63, 3.8) is 0 Å². The van der Waals surface area contributed by atoms with Gasteiger partial charge in [0.1, 0.15) is 0 Å². The molecule has 0 aliphatic rings. The van der Waals surface area contributed by atoms with Gasteiger partial charge in [0.25, 0.3) is 11.3 Å². The zero-order valence-electron chi connectivity index (χ0n) is 17.0. The van der Waals surface area contributed by atoms with Gasteiger partial charge in [0.05, 0.1) is 5.56 Å². The smallest absolute Gasteiger partial charge is 0.285 e. The molecule has 2 aromatic carbocycles. The van der Waals surface area contributed by atoms with E-state index in [2.05, 4.69) is 4.36 Å². The minimum atomic E-state index is -5.09. The Hall–Kier alpha value is -3.53. The van der Waals surface area contributed by atoms with Crippen molar-refractivity contribution in [1.29, 1.82) is 0 Å². The molecule has 10 heteroatoms. The van der Waals surface area contributed by atoms with Crippen LogP contribution in [0.3, 0.4) is 0 Å². The van der Waals surface area contributed by atoms with Crippen LogP contribution in [0.15, 0.2) is 90.5 Å². The van der Waals surface area contributed by atoms with Crippen molar-refractivity contribution in [3.8, 4) is 0 Å². The van der Waals surface area contributed by atoms with Crippen molar-refractivity contribution in [2.24, 2.45) is 18.5 Å². The van der Waals surface area contributed by atoms with Gasteiger partial charge >= 0.3 is 11.9 Å². The first-order valence-corrected chi connectivity index (χ1v) is 10.4. The van der Waals surface area contributed by atoms with Crippen molar-refractivity contribution >= 4 is 28.4 Å². The summed E-state index contributed by atoms with van der Waals surface area (Å²) in [5.41, 5.74) is -1.85. The van der Waals surface area contributed by atoms with Crippen molar-refractivity contribution in [3.05, 3.63) is 93.1 Å². The van der Waals surface area contributed by atoms with E-state index in [1.54, 1.807) is 24.3 Å². The van der Waals surface area contributed by atoms with E-state index in [0.29, 0.717) is 0 Å². The van der Waals surface area contributed by atoms with E-state index in [1.165, 1.54) is 14.1 Å². The zero-order valence-corrected chi connectivity index (χ0v) is 17.9. The fourth-order valence-corrected chi connectivity index (χ4v) is 4.50. The van der Waals surface area contributed by atoms with Crippen LogP contribution in [0.25, 0.3) is 6.08 Å². The largest absolute Gasteiger partial charge is 0.454 e. The molecule has 3 aromatic rings. The van der Waals surface area contributed by atoms with Crippen LogP contribution >= 0.6 is 0 Å². The minimum absolute atomic E-state index is 0.125. The number of carbonyl (C=O) groups excluding carboxylic acids is 1. The van der Waals surface area contributed by atoms with Crippen LogP contribution in [-0.2, 0) is 29.6 Å². The Kier molecular flexibility index (Phi) is 6.73. The molecule has 0 fully saturated rings. The highest BCUT2D eigenvalue weighted by atomic mass is 32.2. The van der Waals surface area contributed by atoms with Crippen LogP contribution in [0, 0.1) is 0 Å². The topological polar surface area (TPSA) is 73.4 Å². The third-order valence-corrected chi connectivity index (χ3v) is 6.25. The maximum absolute atomic E-state index is 12.7. The van der Waals surface area contributed by atoms with Crippen LogP contribution in [0.4, 0.5) is 19.0 Å². The van der Waals surface area contributed by atoms with Crippen molar-refractivity contribution < 1.29 is 18.0 Å². The molecule has 3 rings (SSSR count). The van der Waals surface area contributed by atoms with Gasteiger partial charge in [0.15, 0.2) is 5.82 Å². The standard InChI is InChI=1S/C22H18F3N3O3S/c1-27-19(17(20(30)28(2)21(27)31)13-14-18(29)22(23,24)25)26-32(15-9-5-3-6-10-15)16-11-7-4-8-12-16/h3-14H,1-2H3/b14-13+. The molecule has 166 valence electrons. The second kappa shape index (κ2) is 9.31. The summed E-state index contributed by atoms with van der Waals surface area (Å²) in [5.74, 6) is -2.25. The van der Waals surface area contributed by atoms with Crippen LogP contribution in [-0.4, -0.2) is 21.1 Å². The van der Waals surface area contributed by atoms with E-state index in [9.17, 15) is 27.6 Å². The average molecular weight is 461 g/mol. The second-order valence-electron chi connectivity index (χ2n) is 6.64. The van der Waals surface area contributed by atoms with Gasteiger partial charge < -0.3 is 0 Å². The Morgan fingerprint density at radius 2 is 1.41 bits per heavy atom. The molecule has 1 heterocycles. The van der Waals surface area contributed by atoms with Gasteiger partial charge in [-0.2, -0.15) is 17.5 Å². The molecule has 0 aliphatic heterocycles. The molecule has 0 saturated carbocycles. The summed E-state index contributed by atoms with van der Waals surface area (Å²) >= 11 is 0. The van der Waals surface area contributed by atoms with Gasteiger partial charge in [0, 0.05) is 23.9 Å². The molecule has 1 aromatic heterocycles. The molecule has 0 aliphatic carbocycles. The average Bonchev–Trinajstić information content (AvgIpc) is 2.79. The quantitative estimate of drug-likeness (QED) is 0.543. The number of halogens is 3. The number of carbonyl (C=O) groups is 1. The molecule has 0 spiro atoms. The Bertz CT molecular complexity index is 1280. The van der Waals surface area contributed by atoms with Crippen LogP contribution < -0.4 is 11.2 Å². The van der Waals surface area contributed by atoms with Gasteiger partial charge in [0.2, 0.25) is 0 Å². The summed E-state index contributed by atoms with van der Waals surface area (Å²) in [6.45, 7) is 0. The summed E-state index contributed by atoms with van der Waals surface area (Å²) in [5, 5.41) is 0. The lowest BCUT2D eigenvalue weighted by molar-refractivity contribution is -0.165. The first-order chi connectivity index (χ1) is 15.1. The molecule has 0 radical (unpaired) electrons. The van der Waals surface area contributed by atoms with Gasteiger partial charge in [-0.05, 0) is 47.1 Å². The number of aromatic nitrogens is 2. The first-order valence-electron chi connectivity index (χ1n) is 9.26. The summed E-state index contributed by atoms with van der Waals surface area (Å²) in [6.07, 6.45) is -4.06. The van der Waals surface area contributed by atoms with Crippen LogP contribution in [0.2, 0.25) is 0 Å². The fraction of sp³-hybridized carbons (Fsp3) is 0.136. The van der Waals surface area contributed by atoms with Crippen molar-refractivity contribution in [2.45, 2.75) is 16.0 Å². The number of ketones is 1. The third kappa shape index (κ3) is 4.86. The third-order valence-electron chi connectivity index (χ3n) is 4.46. The normalized spacial score (nSPS) is 11.8. The summed E-state index contributed by atoms with van der Waals surface area (Å²) in [4.78, 5) is 38.1. The molecule has 0 atom stereocenters. The zero-order chi connectivity index (χ0) is 23.5. The molecule has 0 bridgehead atoms. The molecular weight excluding hydrogens is 443 g/mol. The molecule has 32 heavy (non-hydrogen) atoms. The van der Waals surface area contributed by atoms with Crippen molar-refractivity contribution in [1.82, 2.24) is 9.13 Å². The molecular formula is C22H18F3N3O3S. The summed E-state index contributed by atoms with van der Waals surface area (Å²) in [6, 6.07) is 18.1. The van der Waals surface area contributed by atoms with Crippen molar-refractivity contribution in [2.75, 3.05) is 0 Å². The Labute approximate surface area is 183 Å². The molecule has 0 saturated heterocycles. The number of alkyl halides is 3. The molecule has 0 N–H and O–H groups in total. The van der Waals surface area contributed by atoms with Gasteiger partial charge in [-0.15, -0.1) is 0 Å². The monoisotopic (exact) mass is 461 g/mol. The highest BCUT2D eigenvalue weighted by Crippen LogP contribution is 2.25. The number of benzene rings is 2. The van der Waals surface area contributed by atoms with Gasteiger partial charge in [-0.3, -0.25) is 18.7 Å². The van der Waals surface area contributed by atoms with Gasteiger partial charge in [-0.25, -0.2) is 4.79 Å². The highest BCUT2D eigenvalue weighted by molar-refractivity contribution is 7.87. The summed E-state index contributed by atoms with van der Waals surface area (Å²) < 4.78 is 44.5. The number of hydrogen-bond acceptors (Lipinski definition) is 4. The van der Waals surface area contributed by atoms with E-state index in [4.69, 9.17) is 0 Å². The van der Waals surface area contributed by atoms with E-state index in [0.717, 1.165) is 25.0 Å². The van der Waals surface area contributed by atoms with Crippen LogP contribution in [0.5, 0.6) is 0 Å². The van der Waals surface area contributed by atoms with E-state index in [1.807, 2.05) is 36.4 Å². The van der Waals surface area contributed by atoms with Gasteiger partial charge in [-0.1, -0.05) is 36.4 Å². The lowest BCUT2D eigenvalue weighted by Gasteiger charge is -2.13. The first kappa shape index (κ1) is 23.1. The molecule has 6 nitrogen and oxygen atoms in total. The number of allylic oxidation sites excluding steroid dienone is 1. The Balaban J connectivity index is 2.33. The number of rotatable bonds is 5. The lowest BCUT2D eigenvalue weighted by atomic mass is 10.2. The number of nitrogens with zero attached hydrogens (tertiary/aromatic N) is 3. The van der Waals surface area contributed by atoms with E-state index in [-0.39, 0.29) is 17.5 Å². The predicted molar refractivity (Wildman–Crippen MR) is 116 cm³/mol. The molecule has 0 unspecified atom stereocenters. The predicted octanol–water partition coefficient (Wildman–Crippen LogP) is 3.78. The highest BCUT2D eigenvalue weighted by Gasteiger charge is 2.36. The SMILES string of the molecule is Cn1c(N=S(c2ccccc2)c2ccccc2)c(/C=C/C(=O)C(F)(F)F)c(=O)n(C)c1=O. The Morgan fingerprint density at radius 3 is 1.88 bits per heavy atom. The van der Waals surface area contributed by atoms with E-state index < -0.39 is 33.9 Å². The van der Waals surface area contributed by atoms with Crippen LogP contribution in [0.1, 0.15) is 5.56 Å². The Morgan fingerprint density at radius 1 is 0.906 bits per heavy atom. The van der Waals surface area contributed by atoms with E-state index >= 15 is 0 Å². The lowest BCUT2D eigenvalue weighted by Crippen LogP contribution is -2.38. The maximum Gasteiger partial charge on any atom is 0.454 e. The maximum atomic E-state index is 12.7. The summed E-state index contributed by atoms with van der Waals surface area (Å²) in [7, 11) is 1.56.